The predicted molar refractivity (Wildman–Crippen MR) is 197 cm³/mol. The van der Waals surface area contributed by atoms with E-state index in [-0.39, 0.29) is 0 Å². The first-order valence-electron chi connectivity index (χ1n) is 16.0. The second kappa shape index (κ2) is 11.3. The molecule has 0 radical (unpaired) electrons. The molecule has 222 valence electrons. The van der Waals surface area contributed by atoms with Crippen LogP contribution in [0.4, 0.5) is 0 Å². The summed E-state index contributed by atoms with van der Waals surface area (Å²) in [4.78, 5) is 4.78. The standard InChI is InChI=1S/C44H30N2O/c1-2-12-30(13-3-1)28-45-29-33-14-4-5-17-35(33)31-15-10-16-34(26-31)46-41-22-8-6-18-37(41)40-27-32(24-25-42(40)46)36-20-11-21-39-38-19-7-9-23-43(38)47-44(36)39/h1-27,29H,28H2/b45-29+. The summed E-state index contributed by atoms with van der Waals surface area (Å²) in [6.45, 7) is 0.656. The number of nitrogens with zero attached hydrogens (tertiary/aromatic N) is 2. The summed E-state index contributed by atoms with van der Waals surface area (Å²) in [5.74, 6) is 0. The molecule has 9 rings (SSSR count). The summed E-state index contributed by atoms with van der Waals surface area (Å²) in [7, 11) is 0. The Labute approximate surface area is 272 Å². The minimum atomic E-state index is 0.656. The molecule has 3 heteroatoms. The van der Waals surface area contributed by atoms with Crippen LogP contribution < -0.4 is 0 Å². The zero-order valence-corrected chi connectivity index (χ0v) is 25.7. The first-order chi connectivity index (χ1) is 23.3. The highest BCUT2D eigenvalue weighted by molar-refractivity contribution is 6.13. The number of hydrogen-bond donors (Lipinski definition) is 0. The topological polar surface area (TPSA) is 30.4 Å². The van der Waals surface area contributed by atoms with Gasteiger partial charge in [0.05, 0.1) is 17.6 Å². The first-order valence-corrected chi connectivity index (χ1v) is 16.0. The molecular weight excluding hydrogens is 572 g/mol. The average molecular weight is 603 g/mol. The second-order valence-corrected chi connectivity index (χ2v) is 12.0. The molecule has 2 heterocycles. The van der Waals surface area contributed by atoms with E-state index in [2.05, 4.69) is 150 Å². The third-order valence-corrected chi connectivity index (χ3v) is 9.11. The third-order valence-electron chi connectivity index (χ3n) is 9.11. The van der Waals surface area contributed by atoms with E-state index in [1.54, 1.807) is 0 Å². The Bertz CT molecular complexity index is 2600. The van der Waals surface area contributed by atoms with Crippen molar-refractivity contribution in [2.24, 2.45) is 4.99 Å². The van der Waals surface area contributed by atoms with Crippen molar-refractivity contribution in [3.05, 3.63) is 175 Å². The van der Waals surface area contributed by atoms with Crippen LogP contribution in [0.15, 0.2) is 173 Å². The summed E-state index contributed by atoms with van der Waals surface area (Å²) in [5, 5.41) is 4.72. The molecule has 0 spiro atoms. The molecule has 47 heavy (non-hydrogen) atoms. The fourth-order valence-electron chi connectivity index (χ4n) is 6.91. The van der Waals surface area contributed by atoms with Gasteiger partial charge in [0.2, 0.25) is 0 Å². The van der Waals surface area contributed by atoms with Gasteiger partial charge in [-0.05, 0) is 58.7 Å². The minimum Gasteiger partial charge on any atom is -0.455 e. The number of benzene rings is 7. The highest BCUT2D eigenvalue weighted by Crippen LogP contribution is 2.39. The van der Waals surface area contributed by atoms with Crippen LogP contribution in [0.2, 0.25) is 0 Å². The van der Waals surface area contributed by atoms with Gasteiger partial charge in [-0.15, -0.1) is 0 Å². The van der Waals surface area contributed by atoms with Gasteiger partial charge < -0.3 is 8.98 Å². The molecule has 0 fully saturated rings. The summed E-state index contributed by atoms with van der Waals surface area (Å²) in [6, 6.07) is 57.9. The monoisotopic (exact) mass is 602 g/mol. The van der Waals surface area contributed by atoms with Crippen molar-refractivity contribution in [2.75, 3.05) is 0 Å². The molecule has 0 bridgehead atoms. The summed E-state index contributed by atoms with van der Waals surface area (Å²) in [5.41, 5.74) is 12.2. The highest BCUT2D eigenvalue weighted by atomic mass is 16.3. The van der Waals surface area contributed by atoms with Gasteiger partial charge in [0.15, 0.2) is 0 Å². The van der Waals surface area contributed by atoms with Gasteiger partial charge in [-0.25, -0.2) is 0 Å². The molecule has 0 saturated heterocycles. The lowest BCUT2D eigenvalue weighted by atomic mass is 9.99. The number of hydrogen-bond acceptors (Lipinski definition) is 2. The predicted octanol–water partition coefficient (Wildman–Crippen LogP) is 11.6. The van der Waals surface area contributed by atoms with Crippen LogP contribution >= 0.6 is 0 Å². The van der Waals surface area contributed by atoms with Gasteiger partial charge in [0, 0.05) is 44.6 Å². The zero-order chi connectivity index (χ0) is 31.2. The van der Waals surface area contributed by atoms with E-state index in [0.29, 0.717) is 6.54 Å². The van der Waals surface area contributed by atoms with Crippen LogP contribution in [-0.4, -0.2) is 10.8 Å². The van der Waals surface area contributed by atoms with E-state index >= 15 is 0 Å². The molecule has 0 saturated carbocycles. The average Bonchev–Trinajstić information content (AvgIpc) is 3.68. The molecule has 0 amide bonds. The van der Waals surface area contributed by atoms with Crippen molar-refractivity contribution >= 4 is 50.0 Å². The number of aromatic nitrogens is 1. The van der Waals surface area contributed by atoms with Crippen molar-refractivity contribution in [3.63, 3.8) is 0 Å². The molecule has 2 aromatic heterocycles. The SMILES string of the molecule is C(=N\Cc1ccccc1)/c1ccccc1-c1cccc(-n2c3ccccc3c3cc(-c4cccc5c4oc4ccccc45)ccc32)c1. The van der Waals surface area contributed by atoms with Crippen molar-refractivity contribution in [2.45, 2.75) is 6.54 Å². The smallest absolute Gasteiger partial charge is 0.143 e. The van der Waals surface area contributed by atoms with Crippen LogP contribution in [0.25, 0.3) is 71.7 Å². The van der Waals surface area contributed by atoms with Crippen molar-refractivity contribution in [3.8, 4) is 27.9 Å². The van der Waals surface area contributed by atoms with Crippen LogP contribution in [0.5, 0.6) is 0 Å². The maximum Gasteiger partial charge on any atom is 0.143 e. The van der Waals surface area contributed by atoms with Gasteiger partial charge >= 0.3 is 0 Å². The fraction of sp³-hybridized carbons (Fsp3) is 0.0227. The highest BCUT2D eigenvalue weighted by Gasteiger charge is 2.16. The molecule has 0 aliphatic rings. The van der Waals surface area contributed by atoms with Gasteiger partial charge in [0.25, 0.3) is 0 Å². The van der Waals surface area contributed by atoms with E-state index in [1.807, 2.05) is 24.4 Å². The Morgan fingerprint density at radius 1 is 0.511 bits per heavy atom. The fourth-order valence-corrected chi connectivity index (χ4v) is 6.91. The zero-order valence-electron chi connectivity index (χ0n) is 25.7. The number of para-hydroxylation sites is 3. The molecule has 0 unspecified atom stereocenters. The van der Waals surface area contributed by atoms with Gasteiger partial charge in [-0.1, -0.05) is 127 Å². The van der Waals surface area contributed by atoms with E-state index in [1.165, 1.54) is 27.4 Å². The Balaban J connectivity index is 1.15. The quantitative estimate of drug-likeness (QED) is 0.174. The van der Waals surface area contributed by atoms with Crippen LogP contribution in [0.1, 0.15) is 11.1 Å². The van der Waals surface area contributed by atoms with Crippen LogP contribution in [0.3, 0.4) is 0 Å². The van der Waals surface area contributed by atoms with Gasteiger partial charge in [0.1, 0.15) is 11.2 Å². The number of aliphatic imine (C=N–C) groups is 1. The first kappa shape index (κ1) is 27.1. The summed E-state index contributed by atoms with van der Waals surface area (Å²) >= 11 is 0. The minimum absolute atomic E-state index is 0.656. The van der Waals surface area contributed by atoms with Crippen molar-refractivity contribution in [1.82, 2.24) is 4.57 Å². The number of rotatable bonds is 6. The molecule has 0 aliphatic carbocycles. The maximum absolute atomic E-state index is 6.41. The van der Waals surface area contributed by atoms with E-state index in [4.69, 9.17) is 9.41 Å². The van der Waals surface area contributed by atoms with Crippen molar-refractivity contribution < 1.29 is 4.42 Å². The lowest BCUT2D eigenvalue weighted by molar-refractivity contribution is 0.670. The van der Waals surface area contributed by atoms with Gasteiger partial charge in [-0.3, -0.25) is 4.99 Å². The van der Waals surface area contributed by atoms with Crippen molar-refractivity contribution in [1.29, 1.82) is 0 Å². The lowest BCUT2D eigenvalue weighted by Crippen LogP contribution is -1.95. The number of furan rings is 1. The second-order valence-electron chi connectivity index (χ2n) is 12.0. The van der Waals surface area contributed by atoms with Crippen LogP contribution in [-0.2, 0) is 6.54 Å². The van der Waals surface area contributed by atoms with E-state index < -0.39 is 0 Å². The number of fused-ring (bicyclic) bond motifs is 6. The van der Waals surface area contributed by atoms with Crippen LogP contribution in [0, 0.1) is 0 Å². The molecular formula is C44H30N2O. The molecule has 0 atom stereocenters. The van der Waals surface area contributed by atoms with E-state index in [0.717, 1.165) is 55.4 Å². The molecule has 7 aromatic carbocycles. The van der Waals surface area contributed by atoms with E-state index in [9.17, 15) is 0 Å². The Morgan fingerprint density at radius 3 is 2.15 bits per heavy atom. The Hall–Kier alpha value is -6.19. The molecule has 0 aliphatic heterocycles. The molecule has 3 nitrogen and oxygen atoms in total. The molecule has 0 N–H and O–H groups in total. The third kappa shape index (κ3) is 4.72. The summed E-state index contributed by atoms with van der Waals surface area (Å²) in [6.07, 6.45) is 2.00. The Kier molecular flexibility index (Phi) is 6.53. The summed E-state index contributed by atoms with van der Waals surface area (Å²) < 4.78 is 8.79. The molecule has 9 aromatic rings. The van der Waals surface area contributed by atoms with Gasteiger partial charge in [-0.2, -0.15) is 0 Å². The Morgan fingerprint density at radius 2 is 1.21 bits per heavy atom. The normalized spacial score (nSPS) is 11.8. The maximum atomic E-state index is 6.41. The lowest BCUT2D eigenvalue weighted by Gasteiger charge is -2.12. The largest absolute Gasteiger partial charge is 0.455 e.